The van der Waals surface area contributed by atoms with Crippen molar-refractivity contribution in [2.45, 2.75) is 25.8 Å². The van der Waals surface area contributed by atoms with Crippen molar-refractivity contribution in [2.24, 2.45) is 4.99 Å². The van der Waals surface area contributed by atoms with Crippen LogP contribution in [-0.2, 0) is 4.79 Å². The fraction of sp³-hybridized carbons (Fsp3) is 0.385. The smallest absolute Gasteiger partial charge is 0.246 e. The summed E-state index contributed by atoms with van der Waals surface area (Å²) in [4.78, 5) is 19.4. The summed E-state index contributed by atoms with van der Waals surface area (Å²) in [5.41, 5.74) is 2.58. The molecule has 0 bridgehead atoms. The standard InChI is InChI=1S/C26H33N5O2.HI/c1-4-20-10-8-12-22(16-20)30-25(32)19-29-26(27-5-2)28-18-24(31-14-6-7-15-31)21-11-9-13-23(17-21)33-3;/h1,8-13,16-17,24H,5-7,14-15,18-19H2,2-3H3,(H,30,32)(H2,27,28,29);1H. The van der Waals surface area contributed by atoms with Gasteiger partial charge in [0.2, 0.25) is 5.91 Å². The van der Waals surface area contributed by atoms with Crippen LogP contribution in [-0.4, -0.2) is 56.6 Å². The van der Waals surface area contributed by atoms with Crippen molar-refractivity contribution in [3.8, 4) is 18.1 Å². The third kappa shape index (κ3) is 8.22. The quantitative estimate of drug-likeness (QED) is 0.184. The molecule has 7 nitrogen and oxygen atoms in total. The van der Waals surface area contributed by atoms with Crippen LogP contribution in [0.1, 0.15) is 36.9 Å². The number of carbonyl (C=O) groups is 1. The summed E-state index contributed by atoms with van der Waals surface area (Å²) in [6.45, 7) is 5.51. The van der Waals surface area contributed by atoms with Crippen molar-refractivity contribution in [2.75, 3.05) is 45.2 Å². The van der Waals surface area contributed by atoms with E-state index in [9.17, 15) is 4.79 Å². The number of guanidine groups is 1. The molecule has 1 saturated heterocycles. The number of amides is 1. The van der Waals surface area contributed by atoms with Crippen LogP contribution >= 0.6 is 24.0 Å². The van der Waals surface area contributed by atoms with Gasteiger partial charge in [-0.25, -0.2) is 4.99 Å². The fourth-order valence-corrected chi connectivity index (χ4v) is 3.93. The Kier molecular flexibility index (Phi) is 11.7. The minimum Gasteiger partial charge on any atom is -0.497 e. The van der Waals surface area contributed by atoms with Gasteiger partial charge in [-0.2, -0.15) is 0 Å². The first-order valence-corrected chi connectivity index (χ1v) is 11.4. The van der Waals surface area contributed by atoms with Crippen LogP contribution in [0.2, 0.25) is 0 Å². The zero-order chi connectivity index (χ0) is 23.5. The van der Waals surface area contributed by atoms with E-state index in [4.69, 9.17) is 11.2 Å². The van der Waals surface area contributed by atoms with Crippen LogP contribution in [0, 0.1) is 12.3 Å². The van der Waals surface area contributed by atoms with Crippen LogP contribution in [0.15, 0.2) is 53.5 Å². The van der Waals surface area contributed by atoms with Crippen molar-refractivity contribution < 1.29 is 9.53 Å². The Labute approximate surface area is 219 Å². The Morgan fingerprint density at radius 3 is 2.65 bits per heavy atom. The van der Waals surface area contributed by atoms with Gasteiger partial charge < -0.3 is 20.7 Å². The minimum absolute atomic E-state index is 0. The van der Waals surface area contributed by atoms with Crippen molar-refractivity contribution in [3.63, 3.8) is 0 Å². The summed E-state index contributed by atoms with van der Waals surface area (Å²) in [7, 11) is 1.69. The number of methoxy groups -OCH3 is 1. The molecular weight excluding hydrogens is 541 g/mol. The number of nitrogens with zero attached hydrogens (tertiary/aromatic N) is 2. The number of ether oxygens (including phenoxy) is 1. The van der Waals surface area contributed by atoms with Gasteiger partial charge in [0.1, 0.15) is 12.3 Å². The van der Waals surface area contributed by atoms with E-state index in [1.807, 2.05) is 31.2 Å². The van der Waals surface area contributed by atoms with Gasteiger partial charge in [0.25, 0.3) is 0 Å². The molecule has 182 valence electrons. The van der Waals surface area contributed by atoms with E-state index < -0.39 is 0 Å². The molecule has 1 heterocycles. The molecule has 3 rings (SSSR count). The number of carbonyl (C=O) groups excluding carboxylic acids is 1. The van der Waals surface area contributed by atoms with Gasteiger partial charge in [-0.15, -0.1) is 30.4 Å². The maximum Gasteiger partial charge on any atom is 0.246 e. The monoisotopic (exact) mass is 575 g/mol. The van der Waals surface area contributed by atoms with E-state index in [2.05, 4.69) is 43.9 Å². The molecule has 0 spiro atoms. The predicted molar refractivity (Wildman–Crippen MR) is 149 cm³/mol. The first-order chi connectivity index (χ1) is 16.1. The molecule has 2 aromatic carbocycles. The zero-order valence-electron chi connectivity index (χ0n) is 19.8. The summed E-state index contributed by atoms with van der Waals surface area (Å²) in [5, 5.41) is 9.49. The molecule has 1 fully saturated rings. The van der Waals surface area contributed by atoms with Gasteiger partial charge in [-0.3, -0.25) is 9.69 Å². The molecule has 8 heteroatoms. The lowest BCUT2D eigenvalue weighted by Gasteiger charge is -2.29. The van der Waals surface area contributed by atoms with Crippen molar-refractivity contribution >= 4 is 41.5 Å². The normalized spacial score (nSPS) is 14.4. The summed E-state index contributed by atoms with van der Waals surface area (Å²) in [6, 6.07) is 15.6. The van der Waals surface area contributed by atoms with Crippen LogP contribution in [0.4, 0.5) is 5.69 Å². The summed E-state index contributed by atoms with van der Waals surface area (Å²) < 4.78 is 5.43. The maximum atomic E-state index is 12.4. The fourth-order valence-electron chi connectivity index (χ4n) is 3.93. The highest BCUT2D eigenvalue weighted by Crippen LogP contribution is 2.27. The number of halogens is 1. The highest BCUT2D eigenvalue weighted by molar-refractivity contribution is 14.0. The van der Waals surface area contributed by atoms with Gasteiger partial charge in [0.05, 0.1) is 13.2 Å². The van der Waals surface area contributed by atoms with Crippen molar-refractivity contribution in [3.05, 3.63) is 59.7 Å². The van der Waals surface area contributed by atoms with E-state index in [1.165, 1.54) is 18.4 Å². The van der Waals surface area contributed by atoms with Gasteiger partial charge in [-0.05, 0) is 68.8 Å². The Balaban J connectivity index is 0.00000408. The highest BCUT2D eigenvalue weighted by atomic mass is 127. The largest absolute Gasteiger partial charge is 0.497 e. The predicted octanol–water partition coefficient (Wildman–Crippen LogP) is 3.63. The van der Waals surface area contributed by atoms with E-state index >= 15 is 0 Å². The number of aliphatic imine (C=N–C) groups is 1. The van der Waals surface area contributed by atoms with Gasteiger partial charge in [0, 0.05) is 24.3 Å². The highest BCUT2D eigenvalue weighted by Gasteiger charge is 2.24. The summed E-state index contributed by atoms with van der Waals surface area (Å²) in [6.07, 6.45) is 7.84. The number of nitrogens with one attached hydrogen (secondary N) is 3. The van der Waals surface area contributed by atoms with Crippen molar-refractivity contribution in [1.29, 1.82) is 0 Å². The van der Waals surface area contributed by atoms with E-state index in [1.54, 1.807) is 19.2 Å². The Hall–Kier alpha value is -2.77. The lowest BCUT2D eigenvalue weighted by molar-refractivity contribution is -0.114. The van der Waals surface area contributed by atoms with Crippen LogP contribution in [0.5, 0.6) is 5.75 Å². The summed E-state index contributed by atoms with van der Waals surface area (Å²) in [5.74, 6) is 3.82. The molecule has 0 saturated carbocycles. The Morgan fingerprint density at radius 2 is 1.94 bits per heavy atom. The van der Waals surface area contributed by atoms with Gasteiger partial charge in [0.15, 0.2) is 5.96 Å². The second kappa shape index (κ2) is 14.5. The number of likely N-dealkylation sites (tertiary alicyclic amines) is 1. The number of rotatable bonds is 9. The number of terminal acetylenes is 1. The maximum absolute atomic E-state index is 12.4. The summed E-state index contributed by atoms with van der Waals surface area (Å²) >= 11 is 0. The number of hydrogen-bond donors (Lipinski definition) is 3. The molecule has 0 aliphatic carbocycles. The van der Waals surface area contributed by atoms with Gasteiger partial charge >= 0.3 is 0 Å². The molecule has 1 atom stereocenters. The molecule has 34 heavy (non-hydrogen) atoms. The second-order valence-electron chi connectivity index (χ2n) is 7.88. The Morgan fingerprint density at radius 1 is 1.18 bits per heavy atom. The van der Waals surface area contributed by atoms with Gasteiger partial charge in [-0.1, -0.05) is 24.1 Å². The molecule has 1 unspecified atom stereocenters. The zero-order valence-corrected chi connectivity index (χ0v) is 22.2. The first kappa shape index (κ1) is 27.5. The molecule has 0 aromatic heterocycles. The number of benzene rings is 2. The minimum atomic E-state index is -0.203. The van der Waals surface area contributed by atoms with E-state index in [-0.39, 0.29) is 42.5 Å². The van der Waals surface area contributed by atoms with E-state index in [0.717, 1.165) is 24.4 Å². The average molecular weight is 575 g/mol. The Bertz CT molecular complexity index is 999. The number of hydrogen-bond acceptors (Lipinski definition) is 4. The molecule has 3 N–H and O–H groups in total. The van der Waals surface area contributed by atoms with Crippen LogP contribution in [0.3, 0.4) is 0 Å². The third-order valence-corrected chi connectivity index (χ3v) is 5.56. The molecule has 0 radical (unpaired) electrons. The topological polar surface area (TPSA) is 78.0 Å². The van der Waals surface area contributed by atoms with E-state index in [0.29, 0.717) is 24.7 Å². The SMILES string of the molecule is C#Cc1cccc(NC(=O)CN=C(NCC)NCC(c2cccc(OC)c2)N2CCCC2)c1.I. The van der Waals surface area contributed by atoms with Crippen LogP contribution < -0.4 is 20.7 Å². The molecule has 1 aliphatic rings. The van der Waals surface area contributed by atoms with Crippen LogP contribution in [0.25, 0.3) is 0 Å². The third-order valence-electron chi connectivity index (χ3n) is 5.56. The lowest BCUT2D eigenvalue weighted by Crippen LogP contribution is -2.43. The molecule has 2 aromatic rings. The second-order valence-corrected chi connectivity index (χ2v) is 7.88. The van der Waals surface area contributed by atoms with Crippen molar-refractivity contribution in [1.82, 2.24) is 15.5 Å². The molecule has 1 aliphatic heterocycles. The molecular formula is C26H34IN5O2. The lowest BCUT2D eigenvalue weighted by atomic mass is 10.1. The molecule has 1 amide bonds. The first-order valence-electron chi connectivity index (χ1n) is 11.4. The number of anilines is 1. The average Bonchev–Trinajstić information content (AvgIpc) is 3.37.